The van der Waals surface area contributed by atoms with Gasteiger partial charge in [-0.3, -0.25) is 4.79 Å². The number of carbonyl (C=O) groups is 1. The molecule has 6 rings (SSSR count). The van der Waals surface area contributed by atoms with Crippen LogP contribution in [-0.4, -0.2) is 23.5 Å². The molecule has 0 amide bonds. The molecule has 5 nitrogen and oxygen atoms in total. The lowest BCUT2D eigenvalue weighted by molar-refractivity contribution is 0.103. The van der Waals surface area contributed by atoms with Gasteiger partial charge < -0.3 is 19.9 Å². The molecule has 6 heteroatoms. The molecule has 1 aromatic heterocycles. The van der Waals surface area contributed by atoms with Crippen LogP contribution in [-0.2, 0) is 0 Å². The monoisotopic (exact) mass is 521 g/mol. The van der Waals surface area contributed by atoms with Crippen LogP contribution in [0.25, 0.3) is 28.5 Å². The average molecular weight is 522 g/mol. The number of benzene rings is 3. The zero-order valence-corrected chi connectivity index (χ0v) is 22.4. The van der Waals surface area contributed by atoms with E-state index in [-0.39, 0.29) is 17.1 Å². The Hall–Kier alpha value is -4.29. The van der Waals surface area contributed by atoms with Crippen molar-refractivity contribution < 1.29 is 19.4 Å². The number of phenols is 1. The molecule has 190 valence electrons. The Labute approximate surface area is 225 Å². The van der Waals surface area contributed by atoms with Gasteiger partial charge >= 0.3 is 0 Å². The van der Waals surface area contributed by atoms with Gasteiger partial charge in [-0.15, -0.1) is 11.3 Å². The van der Waals surface area contributed by atoms with E-state index in [0.29, 0.717) is 33.9 Å². The SMILES string of the molecule is COc1c(O)ccc2c1-c1ccc3c(c1/C(=C/c1sccc1C(=O)c1ccccc1)O2)C(C)=CC(C)(C)N3. The maximum absolute atomic E-state index is 13.4. The molecular formula is C32H27NO4S. The highest BCUT2D eigenvalue weighted by molar-refractivity contribution is 7.11. The van der Waals surface area contributed by atoms with E-state index in [0.717, 1.165) is 32.8 Å². The van der Waals surface area contributed by atoms with Crippen molar-refractivity contribution in [2.45, 2.75) is 26.3 Å². The highest BCUT2D eigenvalue weighted by atomic mass is 32.1. The molecule has 0 radical (unpaired) electrons. The number of methoxy groups -OCH3 is 1. The van der Waals surface area contributed by atoms with Gasteiger partial charge in [0, 0.05) is 38.4 Å². The Morgan fingerprint density at radius 1 is 1.03 bits per heavy atom. The number of ether oxygens (including phenoxy) is 2. The van der Waals surface area contributed by atoms with E-state index in [1.54, 1.807) is 19.2 Å². The first kappa shape index (κ1) is 24.1. The van der Waals surface area contributed by atoms with E-state index < -0.39 is 0 Å². The lowest BCUT2D eigenvalue weighted by Crippen LogP contribution is -2.32. The summed E-state index contributed by atoms with van der Waals surface area (Å²) < 4.78 is 12.2. The first-order chi connectivity index (χ1) is 18.3. The van der Waals surface area contributed by atoms with Crippen LogP contribution in [0.5, 0.6) is 17.2 Å². The molecule has 3 heterocycles. The van der Waals surface area contributed by atoms with Crippen LogP contribution >= 0.6 is 11.3 Å². The number of anilines is 1. The van der Waals surface area contributed by atoms with E-state index in [1.165, 1.54) is 11.3 Å². The predicted octanol–water partition coefficient (Wildman–Crippen LogP) is 7.86. The molecule has 0 saturated carbocycles. The van der Waals surface area contributed by atoms with Crippen molar-refractivity contribution in [1.29, 1.82) is 0 Å². The number of rotatable bonds is 4. The molecule has 0 spiro atoms. The summed E-state index contributed by atoms with van der Waals surface area (Å²) in [6.45, 7) is 6.37. The van der Waals surface area contributed by atoms with Crippen LogP contribution in [0, 0.1) is 0 Å². The molecule has 2 N–H and O–H groups in total. The summed E-state index contributed by atoms with van der Waals surface area (Å²) in [6.07, 6.45) is 4.16. The lowest BCUT2D eigenvalue weighted by atomic mass is 9.83. The third kappa shape index (κ3) is 3.89. The summed E-state index contributed by atoms with van der Waals surface area (Å²) in [7, 11) is 1.54. The highest BCUT2D eigenvalue weighted by Crippen LogP contribution is 2.54. The third-order valence-electron chi connectivity index (χ3n) is 6.91. The minimum atomic E-state index is -0.207. The van der Waals surface area contributed by atoms with Crippen molar-refractivity contribution in [2.75, 3.05) is 12.4 Å². The topological polar surface area (TPSA) is 67.8 Å². The zero-order valence-electron chi connectivity index (χ0n) is 21.6. The summed E-state index contributed by atoms with van der Waals surface area (Å²) >= 11 is 1.50. The minimum absolute atomic E-state index is 0.0312. The molecule has 0 saturated heterocycles. The van der Waals surface area contributed by atoms with Gasteiger partial charge in [-0.1, -0.05) is 42.5 Å². The minimum Gasteiger partial charge on any atom is -0.504 e. The molecular weight excluding hydrogens is 494 g/mol. The Balaban J connectivity index is 1.59. The summed E-state index contributed by atoms with van der Waals surface area (Å²) in [5.74, 6) is 1.60. The molecule has 2 aliphatic heterocycles. The molecule has 0 atom stereocenters. The van der Waals surface area contributed by atoms with Crippen LogP contribution in [0.15, 0.2) is 72.1 Å². The van der Waals surface area contributed by atoms with Crippen molar-refractivity contribution in [1.82, 2.24) is 0 Å². The van der Waals surface area contributed by atoms with Crippen molar-refractivity contribution in [3.63, 3.8) is 0 Å². The normalized spacial score (nSPS) is 15.9. The standard InChI is InChI=1S/C32H27NO4S/c1-18-17-32(2,3)33-22-11-10-21-28(27(18)22)25(37-24-13-12-23(34)31(36-4)29(21)24)16-26-20(14-15-38-26)30(35)19-8-6-5-7-9-19/h5-17,33-34H,1-4H3/b25-16-. The van der Waals surface area contributed by atoms with E-state index in [2.05, 4.69) is 38.2 Å². The molecule has 2 aliphatic rings. The summed E-state index contributed by atoms with van der Waals surface area (Å²) in [6, 6.07) is 18.6. The van der Waals surface area contributed by atoms with E-state index >= 15 is 0 Å². The second-order valence-corrected chi connectivity index (χ2v) is 11.0. The van der Waals surface area contributed by atoms with Crippen molar-refractivity contribution in [3.8, 4) is 28.4 Å². The molecule has 0 aliphatic carbocycles. The smallest absolute Gasteiger partial charge is 0.194 e. The fraction of sp³-hybridized carbons (Fsp3) is 0.156. The van der Waals surface area contributed by atoms with Crippen LogP contribution in [0.4, 0.5) is 5.69 Å². The van der Waals surface area contributed by atoms with Crippen molar-refractivity contribution >= 4 is 40.2 Å². The number of phenolic OH excluding ortho intramolecular Hbond substituents is 1. The third-order valence-corrected chi connectivity index (χ3v) is 7.77. The second kappa shape index (κ2) is 8.92. The summed E-state index contributed by atoms with van der Waals surface area (Å²) in [5, 5.41) is 16.1. The Bertz CT molecular complexity index is 1660. The van der Waals surface area contributed by atoms with Crippen molar-refractivity contribution in [2.24, 2.45) is 0 Å². The number of thiophene rings is 1. The summed E-state index contributed by atoms with van der Waals surface area (Å²) in [4.78, 5) is 14.2. The number of nitrogens with one attached hydrogen (secondary N) is 1. The molecule has 0 fully saturated rings. The molecule has 38 heavy (non-hydrogen) atoms. The maximum Gasteiger partial charge on any atom is 0.194 e. The summed E-state index contributed by atoms with van der Waals surface area (Å²) in [5.41, 5.74) is 6.69. The van der Waals surface area contributed by atoms with Gasteiger partial charge in [0.2, 0.25) is 0 Å². The largest absolute Gasteiger partial charge is 0.504 e. The van der Waals surface area contributed by atoms with Gasteiger partial charge in [0.05, 0.1) is 18.2 Å². The van der Waals surface area contributed by atoms with Gasteiger partial charge in [0.25, 0.3) is 0 Å². The lowest BCUT2D eigenvalue weighted by Gasteiger charge is -2.35. The fourth-order valence-electron chi connectivity index (χ4n) is 5.43. The van der Waals surface area contributed by atoms with Gasteiger partial charge in [-0.05, 0) is 62.1 Å². The average Bonchev–Trinajstić information content (AvgIpc) is 3.36. The Morgan fingerprint density at radius 2 is 1.82 bits per heavy atom. The van der Waals surface area contributed by atoms with Gasteiger partial charge in [0.15, 0.2) is 17.3 Å². The number of fused-ring (bicyclic) bond motifs is 5. The Kier molecular flexibility index (Phi) is 5.65. The number of carbonyl (C=O) groups excluding carboxylic acids is 1. The molecule has 4 aromatic rings. The van der Waals surface area contributed by atoms with E-state index in [9.17, 15) is 9.90 Å². The number of hydrogen-bond acceptors (Lipinski definition) is 6. The van der Waals surface area contributed by atoms with E-state index in [4.69, 9.17) is 9.47 Å². The van der Waals surface area contributed by atoms with Gasteiger partial charge in [-0.25, -0.2) is 0 Å². The number of allylic oxidation sites excluding steroid dienone is 1. The van der Waals surface area contributed by atoms with Gasteiger partial charge in [0.1, 0.15) is 11.5 Å². The fourth-order valence-corrected chi connectivity index (χ4v) is 6.25. The maximum atomic E-state index is 13.4. The quantitative estimate of drug-likeness (QED) is 0.268. The van der Waals surface area contributed by atoms with Crippen LogP contribution in [0.1, 0.15) is 52.7 Å². The zero-order chi connectivity index (χ0) is 26.6. The highest BCUT2D eigenvalue weighted by Gasteiger charge is 2.33. The number of hydrogen-bond donors (Lipinski definition) is 2. The predicted molar refractivity (Wildman–Crippen MR) is 154 cm³/mol. The van der Waals surface area contributed by atoms with Crippen LogP contribution in [0.2, 0.25) is 0 Å². The molecule has 0 bridgehead atoms. The van der Waals surface area contributed by atoms with Crippen molar-refractivity contribution in [3.05, 3.63) is 99.3 Å². The number of aromatic hydroxyl groups is 1. The van der Waals surface area contributed by atoms with Crippen LogP contribution in [0.3, 0.4) is 0 Å². The van der Waals surface area contributed by atoms with Crippen LogP contribution < -0.4 is 14.8 Å². The van der Waals surface area contributed by atoms with E-state index in [1.807, 2.05) is 53.9 Å². The molecule has 3 aromatic carbocycles. The van der Waals surface area contributed by atoms with Gasteiger partial charge in [-0.2, -0.15) is 0 Å². The number of ketones is 1. The molecule has 0 unspecified atom stereocenters. The first-order valence-corrected chi connectivity index (χ1v) is 13.3. The Morgan fingerprint density at radius 3 is 2.58 bits per heavy atom. The first-order valence-electron chi connectivity index (χ1n) is 12.4. The second-order valence-electron chi connectivity index (χ2n) is 10.1.